The third-order valence-corrected chi connectivity index (χ3v) is 6.96. The number of benzene rings is 2. The number of nitrogens with zero attached hydrogens (tertiary/aromatic N) is 2. The van der Waals surface area contributed by atoms with Gasteiger partial charge < -0.3 is 5.11 Å². The van der Waals surface area contributed by atoms with Crippen LogP contribution in [-0.2, 0) is 10.0 Å². The van der Waals surface area contributed by atoms with Crippen LogP contribution in [-0.4, -0.2) is 41.9 Å². The van der Waals surface area contributed by atoms with Crippen LogP contribution in [0.3, 0.4) is 0 Å². The summed E-state index contributed by atoms with van der Waals surface area (Å²) in [5.74, 6) is -1.15. The molecule has 144 valence electrons. The second-order valence-electron chi connectivity index (χ2n) is 6.66. The van der Waals surface area contributed by atoms with Crippen molar-refractivity contribution in [2.24, 2.45) is 0 Å². The zero-order valence-corrected chi connectivity index (χ0v) is 16.4. The molecule has 0 bridgehead atoms. The van der Waals surface area contributed by atoms with Gasteiger partial charge in [-0.25, -0.2) is 18.2 Å². The molecular formula is C20H17ClN2O4S. The van der Waals surface area contributed by atoms with Crippen LogP contribution >= 0.6 is 11.6 Å². The van der Waals surface area contributed by atoms with E-state index in [1.807, 2.05) is 0 Å². The molecule has 1 fully saturated rings. The molecule has 0 unspecified atom stereocenters. The lowest BCUT2D eigenvalue weighted by Gasteiger charge is -2.16. The number of pyridine rings is 1. The van der Waals surface area contributed by atoms with E-state index in [1.165, 1.54) is 22.5 Å². The Morgan fingerprint density at radius 1 is 1.07 bits per heavy atom. The van der Waals surface area contributed by atoms with Crippen molar-refractivity contribution in [3.63, 3.8) is 0 Å². The normalized spacial score (nSPS) is 15.2. The first-order valence-electron chi connectivity index (χ1n) is 8.80. The number of fused-ring (bicyclic) bond motifs is 1. The number of hydrogen-bond donors (Lipinski definition) is 1. The van der Waals surface area contributed by atoms with Gasteiger partial charge in [0, 0.05) is 29.1 Å². The van der Waals surface area contributed by atoms with Gasteiger partial charge >= 0.3 is 5.97 Å². The number of hydrogen-bond acceptors (Lipinski definition) is 4. The van der Waals surface area contributed by atoms with Crippen LogP contribution in [0.1, 0.15) is 23.2 Å². The maximum absolute atomic E-state index is 12.8. The van der Waals surface area contributed by atoms with Crippen LogP contribution in [0.5, 0.6) is 0 Å². The number of aromatic nitrogens is 1. The fourth-order valence-corrected chi connectivity index (χ4v) is 5.15. The monoisotopic (exact) mass is 416 g/mol. The van der Waals surface area contributed by atoms with Gasteiger partial charge in [0.05, 0.1) is 21.7 Å². The molecule has 1 saturated heterocycles. The van der Waals surface area contributed by atoms with Crippen molar-refractivity contribution < 1.29 is 18.3 Å². The Morgan fingerprint density at radius 3 is 2.50 bits per heavy atom. The quantitative estimate of drug-likeness (QED) is 0.693. The summed E-state index contributed by atoms with van der Waals surface area (Å²) in [6.07, 6.45) is 1.66. The van der Waals surface area contributed by atoms with Gasteiger partial charge in [-0.15, -0.1) is 0 Å². The van der Waals surface area contributed by atoms with E-state index in [0.29, 0.717) is 40.3 Å². The summed E-state index contributed by atoms with van der Waals surface area (Å²) in [5, 5.41) is 10.5. The van der Waals surface area contributed by atoms with Crippen LogP contribution < -0.4 is 0 Å². The molecule has 4 rings (SSSR count). The molecule has 2 heterocycles. The standard InChI is InChI=1S/C20H17ClN2O4S/c21-14-5-3-4-13(10-14)19-12-17(20(24)25)16-11-15(6-7-18(16)22-19)28(26,27)23-8-1-2-9-23/h3-7,10-12H,1-2,8-9H2,(H,24,25). The highest BCUT2D eigenvalue weighted by Gasteiger charge is 2.28. The van der Waals surface area contributed by atoms with Crippen molar-refractivity contribution in [2.45, 2.75) is 17.7 Å². The summed E-state index contributed by atoms with van der Waals surface area (Å²) in [6.45, 7) is 0.968. The van der Waals surface area contributed by atoms with E-state index in [2.05, 4.69) is 4.98 Å². The summed E-state index contributed by atoms with van der Waals surface area (Å²) >= 11 is 6.03. The Labute approximate surface area is 167 Å². The summed E-state index contributed by atoms with van der Waals surface area (Å²) in [7, 11) is -3.65. The zero-order valence-electron chi connectivity index (χ0n) is 14.8. The average Bonchev–Trinajstić information content (AvgIpc) is 3.22. The topological polar surface area (TPSA) is 87.6 Å². The third-order valence-electron chi connectivity index (χ3n) is 4.83. The van der Waals surface area contributed by atoms with Gasteiger partial charge in [0.1, 0.15) is 0 Å². The second-order valence-corrected chi connectivity index (χ2v) is 9.04. The Bertz CT molecular complexity index is 1190. The van der Waals surface area contributed by atoms with Crippen molar-refractivity contribution in [2.75, 3.05) is 13.1 Å². The highest BCUT2D eigenvalue weighted by Crippen LogP contribution is 2.29. The predicted octanol–water partition coefficient (Wildman–Crippen LogP) is 4.04. The first kappa shape index (κ1) is 18.9. The Balaban J connectivity index is 1.89. The summed E-state index contributed by atoms with van der Waals surface area (Å²) in [5.41, 5.74) is 1.56. The van der Waals surface area contributed by atoms with Crippen LogP contribution in [0, 0.1) is 0 Å². The van der Waals surface area contributed by atoms with Crippen LogP contribution in [0.2, 0.25) is 5.02 Å². The highest BCUT2D eigenvalue weighted by molar-refractivity contribution is 7.89. The number of rotatable bonds is 4. The molecule has 0 saturated carbocycles. The van der Waals surface area contributed by atoms with E-state index in [1.54, 1.807) is 30.3 Å². The highest BCUT2D eigenvalue weighted by atomic mass is 35.5. The van der Waals surface area contributed by atoms with Crippen LogP contribution in [0.4, 0.5) is 0 Å². The van der Waals surface area contributed by atoms with Gasteiger partial charge in [0.2, 0.25) is 10.0 Å². The number of aromatic carboxylic acids is 1. The molecule has 8 heteroatoms. The average molecular weight is 417 g/mol. The SMILES string of the molecule is O=C(O)c1cc(-c2cccc(Cl)c2)nc2ccc(S(=O)(=O)N3CCCC3)cc12. The zero-order chi connectivity index (χ0) is 19.9. The summed E-state index contributed by atoms with van der Waals surface area (Å²) in [4.78, 5) is 16.5. The first-order valence-corrected chi connectivity index (χ1v) is 10.6. The lowest BCUT2D eigenvalue weighted by molar-refractivity contribution is 0.0699. The van der Waals surface area contributed by atoms with Crippen LogP contribution in [0.15, 0.2) is 53.4 Å². The smallest absolute Gasteiger partial charge is 0.336 e. The number of halogens is 1. The molecule has 0 radical (unpaired) electrons. The van der Waals surface area contributed by atoms with Crippen molar-refractivity contribution in [1.29, 1.82) is 0 Å². The van der Waals surface area contributed by atoms with Gasteiger partial charge in [-0.3, -0.25) is 0 Å². The summed E-state index contributed by atoms with van der Waals surface area (Å²) in [6, 6.07) is 12.9. The predicted molar refractivity (Wildman–Crippen MR) is 107 cm³/mol. The van der Waals surface area contributed by atoms with Crippen molar-refractivity contribution in [3.05, 3.63) is 59.1 Å². The lowest BCUT2D eigenvalue weighted by atomic mass is 10.0. The molecule has 2 aromatic carbocycles. The Morgan fingerprint density at radius 2 is 1.82 bits per heavy atom. The Hall–Kier alpha value is -2.48. The van der Waals surface area contributed by atoms with Crippen LogP contribution in [0.25, 0.3) is 22.2 Å². The van der Waals surface area contributed by atoms with Gasteiger partial charge in [-0.2, -0.15) is 4.31 Å². The van der Waals surface area contributed by atoms with E-state index in [0.717, 1.165) is 12.8 Å². The van der Waals surface area contributed by atoms with Gasteiger partial charge in [0.15, 0.2) is 0 Å². The molecule has 1 aliphatic rings. The molecule has 1 N–H and O–H groups in total. The maximum atomic E-state index is 12.8. The van der Waals surface area contributed by atoms with Gasteiger partial charge in [-0.1, -0.05) is 23.7 Å². The van der Waals surface area contributed by atoms with Crippen molar-refractivity contribution in [3.8, 4) is 11.3 Å². The van der Waals surface area contributed by atoms with E-state index >= 15 is 0 Å². The first-order chi connectivity index (χ1) is 13.4. The minimum Gasteiger partial charge on any atom is -0.478 e. The maximum Gasteiger partial charge on any atom is 0.336 e. The molecular weight excluding hydrogens is 400 g/mol. The molecule has 1 aromatic heterocycles. The minimum atomic E-state index is -3.65. The van der Waals surface area contributed by atoms with Gasteiger partial charge in [0.25, 0.3) is 0 Å². The third kappa shape index (κ3) is 3.37. The molecule has 1 aliphatic heterocycles. The molecule has 6 nitrogen and oxygen atoms in total. The van der Waals surface area contributed by atoms with E-state index in [4.69, 9.17) is 11.6 Å². The number of carboxylic acids is 1. The molecule has 0 aliphatic carbocycles. The molecule has 0 atom stereocenters. The molecule has 3 aromatic rings. The lowest BCUT2D eigenvalue weighted by Crippen LogP contribution is -2.27. The molecule has 0 amide bonds. The van der Waals surface area contributed by atoms with E-state index in [9.17, 15) is 18.3 Å². The van der Waals surface area contributed by atoms with E-state index < -0.39 is 16.0 Å². The molecule has 0 spiro atoms. The van der Waals surface area contributed by atoms with Gasteiger partial charge in [-0.05, 0) is 49.2 Å². The largest absolute Gasteiger partial charge is 0.478 e. The minimum absolute atomic E-state index is 0.00144. The van der Waals surface area contributed by atoms with Crippen molar-refractivity contribution in [1.82, 2.24) is 9.29 Å². The fraction of sp³-hybridized carbons (Fsp3) is 0.200. The second kappa shape index (κ2) is 7.16. The number of carbonyl (C=O) groups is 1. The van der Waals surface area contributed by atoms with Crippen molar-refractivity contribution >= 4 is 38.5 Å². The molecule has 28 heavy (non-hydrogen) atoms. The van der Waals surface area contributed by atoms with E-state index in [-0.39, 0.29) is 10.5 Å². The Kier molecular flexibility index (Phi) is 4.82. The fourth-order valence-electron chi connectivity index (χ4n) is 3.42. The number of sulfonamides is 1. The summed E-state index contributed by atoms with van der Waals surface area (Å²) < 4.78 is 27.1. The number of carboxylic acid groups (broad SMARTS) is 1.